The minimum atomic E-state index is -0.809. The molecule has 266 valence electrons. The second-order valence-electron chi connectivity index (χ2n) is 15.0. The Balaban J connectivity index is 1.14. The summed E-state index contributed by atoms with van der Waals surface area (Å²) in [4.78, 5) is 14.0. The van der Waals surface area contributed by atoms with Gasteiger partial charge in [0.15, 0.2) is 11.4 Å². The topological polar surface area (TPSA) is 104 Å². The maximum atomic E-state index is 10.4. The molecule has 9 rings (SSSR count). The van der Waals surface area contributed by atoms with Crippen LogP contribution in [0.3, 0.4) is 0 Å². The van der Waals surface area contributed by atoms with E-state index in [1.54, 1.807) is 0 Å². The predicted octanol–water partition coefficient (Wildman–Crippen LogP) is 11.6. The molecule has 0 fully saturated rings. The number of hydrogen-bond acceptors (Lipinski definition) is 7. The number of para-hydroxylation sites is 3. The van der Waals surface area contributed by atoms with E-state index in [-0.39, 0.29) is 16.8 Å². The SMILES string of the molecule is Cc1cccc2c1C(C)(C)c1ccccc1N2c1ccc(-c2nc(C#N)c(C#N)nc2-c2ccc(N3c4ccccc4C(C)(C#N)c4ccccc43)cc2)cc1. The van der Waals surface area contributed by atoms with Crippen LogP contribution in [0.15, 0.2) is 140 Å². The monoisotopic (exact) mass is 721 g/mol. The van der Waals surface area contributed by atoms with Crippen LogP contribution in [0.2, 0.25) is 0 Å². The Bertz CT molecular complexity index is 2800. The van der Waals surface area contributed by atoms with Crippen LogP contribution in [-0.4, -0.2) is 9.97 Å². The lowest BCUT2D eigenvalue weighted by atomic mass is 9.72. The molecule has 1 aromatic heterocycles. The van der Waals surface area contributed by atoms with E-state index in [2.05, 4.69) is 103 Å². The molecule has 0 saturated carbocycles. The van der Waals surface area contributed by atoms with Gasteiger partial charge in [-0.15, -0.1) is 0 Å². The molecule has 7 nitrogen and oxygen atoms in total. The number of aryl methyl sites for hydroxylation is 1. The molecule has 0 N–H and O–H groups in total. The van der Waals surface area contributed by atoms with Gasteiger partial charge in [-0.1, -0.05) is 105 Å². The number of aromatic nitrogens is 2. The van der Waals surface area contributed by atoms with Gasteiger partial charge in [0.25, 0.3) is 0 Å². The second-order valence-corrected chi connectivity index (χ2v) is 15.0. The van der Waals surface area contributed by atoms with E-state index >= 15 is 0 Å². The van der Waals surface area contributed by atoms with Crippen molar-refractivity contribution in [1.29, 1.82) is 15.8 Å². The minimum absolute atomic E-state index is 0.0226. The lowest BCUT2D eigenvalue weighted by Gasteiger charge is -2.43. The first-order valence-electron chi connectivity index (χ1n) is 18.5. The van der Waals surface area contributed by atoms with Gasteiger partial charge in [-0.25, -0.2) is 9.97 Å². The van der Waals surface area contributed by atoms with E-state index in [0.29, 0.717) is 11.4 Å². The number of hydrogen-bond donors (Lipinski definition) is 0. The van der Waals surface area contributed by atoms with Crippen LogP contribution in [0.25, 0.3) is 22.5 Å². The summed E-state index contributed by atoms with van der Waals surface area (Å²) in [5.74, 6) is 0. The van der Waals surface area contributed by atoms with Gasteiger partial charge in [-0.3, -0.25) is 0 Å². The fourth-order valence-corrected chi connectivity index (χ4v) is 8.78. The Labute approximate surface area is 326 Å². The highest BCUT2D eigenvalue weighted by atomic mass is 15.2. The Hall–Kier alpha value is -7.53. The van der Waals surface area contributed by atoms with E-state index in [1.165, 1.54) is 16.7 Å². The largest absolute Gasteiger partial charge is 0.310 e. The summed E-state index contributed by atoms with van der Waals surface area (Å²) in [7, 11) is 0. The van der Waals surface area contributed by atoms with Crippen LogP contribution >= 0.6 is 0 Å². The first-order valence-corrected chi connectivity index (χ1v) is 18.5. The molecule has 2 aliphatic heterocycles. The summed E-state index contributed by atoms with van der Waals surface area (Å²) >= 11 is 0. The van der Waals surface area contributed by atoms with Gasteiger partial charge >= 0.3 is 0 Å². The van der Waals surface area contributed by atoms with Crippen molar-refractivity contribution in [1.82, 2.24) is 9.97 Å². The zero-order valence-corrected chi connectivity index (χ0v) is 31.4. The van der Waals surface area contributed by atoms with Gasteiger partial charge in [-0.2, -0.15) is 15.8 Å². The van der Waals surface area contributed by atoms with Gasteiger partial charge in [0.05, 0.1) is 40.2 Å². The summed E-state index contributed by atoms with van der Waals surface area (Å²) in [5.41, 5.74) is 13.2. The maximum Gasteiger partial charge on any atom is 0.177 e. The van der Waals surface area contributed by atoms with Crippen molar-refractivity contribution in [2.24, 2.45) is 0 Å². The third-order valence-corrected chi connectivity index (χ3v) is 11.4. The smallest absolute Gasteiger partial charge is 0.177 e. The summed E-state index contributed by atoms with van der Waals surface area (Å²) in [6.45, 7) is 8.73. The van der Waals surface area contributed by atoms with E-state index in [0.717, 1.165) is 56.4 Å². The van der Waals surface area contributed by atoms with Crippen LogP contribution in [-0.2, 0) is 10.8 Å². The van der Waals surface area contributed by atoms with Crippen molar-refractivity contribution in [2.45, 2.75) is 38.5 Å². The third-order valence-electron chi connectivity index (χ3n) is 11.4. The van der Waals surface area contributed by atoms with Crippen molar-refractivity contribution in [2.75, 3.05) is 9.80 Å². The molecule has 0 atom stereocenters. The molecule has 56 heavy (non-hydrogen) atoms. The Morgan fingerprint density at radius 2 is 0.893 bits per heavy atom. The van der Waals surface area contributed by atoms with E-state index in [9.17, 15) is 15.8 Å². The Morgan fingerprint density at radius 3 is 1.36 bits per heavy atom. The van der Waals surface area contributed by atoms with Gasteiger partial charge < -0.3 is 9.80 Å². The van der Waals surface area contributed by atoms with Crippen LogP contribution in [0.4, 0.5) is 34.1 Å². The summed E-state index contributed by atoms with van der Waals surface area (Å²) in [5, 5.41) is 30.4. The molecule has 0 saturated heterocycles. The summed E-state index contributed by atoms with van der Waals surface area (Å²) < 4.78 is 0. The minimum Gasteiger partial charge on any atom is -0.310 e. The molecule has 7 heteroatoms. The number of nitrogens with zero attached hydrogens (tertiary/aromatic N) is 7. The lowest BCUT2D eigenvalue weighted by Crippen LogP contribution is -2.31. The van der Waals surface area contributed by atoms with Gasteiger partial charge in [0.2, 0.25) is 0 Å². The molecule has 0 bridgehead atoms. The van der Waals surface area contributed by atoms with Crippen molar-refractivity contribution in [3.63, 3.8) is 0 Å². The summed E-state index contributed by atoms with van der Waals surface area (Å²) in [6.07, 6.45) is 0. The molecular formula is C49H35N7. The highest BCUT2D eigenvalue weighted by Crippen LogP contribution is 2.54. The number of anilines is 6. The number of fused-ring (bicyclic) bond motifs is 4. The molecule has 7 aromatic rings. The molecule has 3 heterocycles. The highest BCUT2D eigenvalue weighted by Gasteiger charge is 2.41. The fourth-order valence-electron chi connectivity index (χ4n) is 8.78. The van der Waals surface area contributed by atoms with Crippen LogP contribution < -0.4 is 9.80 Å². The first kappa shape index (κ1) is 34.3. The normalized spacial score (nSPS) is 14.2. The zero-order valence-electron chi connectivity index (χ0n) is 31.4. The van der Waals surface area contributed by atoms with Crippen molar-refractivity contribution in [3.05, 3.63) is 179 Å². The molecule has 0 unspecified atom stereocenters. The molecule has 0 spiro atoms. The highest BCUT2D eigenvalue weighted by molar-refractivity contribution is 5.90. The molecule has 0 amide bonds. The molecular weight excluding hydrogens is 687 g/mol. The van der Waals surface area contributed by atoms with E-state index in [4.69, 9.17) is 9.97 Å². The molecule has 0 radical (unpaired) electrons. The quantitative estimate of drug-likeness (QED) is 0.178. The Kier molecular flexibility index (Phi) is 7.83. The molecule has 6 aromatic carbocycles. The standard InChI is InChI=1S/C49H35N7/c1-31-12-11-19-44-45(31)48(2,3)36-13-5-8-16-41(36)56(44)35-26-22-33(23-27-35)47-46(53-39(28-50)40(29-51)54-47)32-20-24-34(25-21-32)55-42-17-9-6-14-37(42)49(4,30-52)38-15-7-10-18-43(38)55/h5-27H,1-4H3. The number of rotatable bonds is 4. The number of nitriles is 3. The Morgan fingerprint density at radius 1 is 0.482 bits per heavy atom. The van der Waals surface area contributed by atoms with Crippen molar-refractivity contribution >= 4 is 34.1 Å². The number of benzene rings is 6. The fraction of sp³-hybridized carbons (Fsp3) is 0.122. The second kappa shape index (κ2) is 12.8. The van der Waals surface area contributed by atoms with Gasteiger partial charge in [0, 0.05) is 39.0 Å². The predicted molar refractivity (Wildman–Crippen MR) is 221 cm³/mol. The van der Waals surface area contributed by atoms with Crippen molar-refractivity contribution < 1.29 is 0 Å². The lowest BCUT2D eigenvalue weighted by molar-refractivity contribution is 0.627. The first-order chi connectivity index (χ1) is 27.2. The van der Waals surface area contributed by atoms with Gasteiger partial charge in [-0.05, 0) is 79.1 Å². The van der Waals surface area contributed by atoms with Crippen LogP contribution in [0.5, 0.6) is 0 Å². The van der Waals surface area contributed by atoms with Gasteiger partial charge in [0.1, 0.15) is 17.6 Å². The van der Waals surface area contributed by atoms with Crippen LogP contribution in [0, 0.1) is 40.9 Å². The molecule has 0 aliphatic carbocycles. The average molecular weight is 722 g/mol. The third kappa shape index (κ3) is 5.01. The maximum absolute atomic E-state index is 10.4. The van der Waals surface area contributed by atoms with Crippen LogP contribution in [0.1, 0.15) is 60.0 Å². The van der Waals surface area contributed by atoms with E-state index in [1.807, 2.05) is 91.9 Å². The summed E-state index contributed by atoms with van der Waals surface area (Å²) in [6, 6.07) is 54.0. The zero-order chi connectivity index (χ0) is 38.8. The average Bonchev–Trinajstić information content (AvgIpc) is 3.24. The van der Waals surface area contributed by atoms with E-state index < -0.39 is 5.41 Å². The van der Waals surface area contributed by atoms with Crippen molar-refractivity contribution in [3.8, 4) is 40.7 Å². The molecule has 2 aliphatic rings.